The van der Waals surface area contributed by atoms with Crippen LogP contribution in [-0.4, -0.2) is 50.0 Å². The van der Waals surface area contributed by atoms with Gasteiger partial charge in [0.05, 0.1) is 11.9 Å². The predicted molar refractivity (Wildman–Crippen MR) is 145 cm³/mol. The monoisotopic (exact) mass is 509 g/mol. The van der Waals surface area contributed by atoms with E-state index in [-0.39, 0.29) is 18.5 Å². The molecule has 192 valence electrons. The predicted octanol–water partition coefficient (Wildman–Crippen LogP) is 4.25. The number of carbonyl (C=O) groups excluding carboxylic acids is 2. The first-order valence-electron chi connectivity index (χ1n) is 12.1. The number of hydrogen-bond acceptors (Lipinski definition) is 4. The molecule has 0 bridgehead atoms. The Morgan fingerprint density at radius 2 is 1.64 bits per heavy atom. The van der Waals surface area contributed by atoms with Crippen LogP contribution in [0.4, 0.5) is 5.69 Å². The van der Waals surface area contributed by atoms with Crippen LogP contribution < -0.4 is 9.62 Å². The quantitative estimate of drug-likeness (QED) is 0.443. The Kier molecular flexibility index (Phi) is 8.74. The van der Waals surface area contributed by atoms with Gasteiger partial charge >= 0.3 is 0 Å². The molecule has 0 unspecified atom stereocenters. The van der Waals surface area contributed by atoms with Gasteiger partial charge in [-0.1, -0.05) is 73.2 Å². The average molecular weight is 510 g/mol. The van der Waals surface area contributed by atoms with Gasteiger partial charge in [-0.15, -0.1) is 0 Å². The minimum absolute atomic E-state index is 0.0425. The molecule has 2 atom stereocenters. The highest BCUT2D eigenvalue weighted by Crippen LogP contribution is 2.28. The molecule has 0 aliphatic carbocycles. The maximum Gasteiger partial charge on any atom is 0.244 e. The third-order valence-corrected chi connectivity index (χ3v) is 7.44. The molecule has 0 radical (unpaired) electrons. The van der Waals surface area contributed by atoms with Gasteiger partial charge in [0.15, 0.2) is 0 Å². The maximum absolute atomic E-state index is 13.7. The first kappa shape index (κ1) is 27.2. The van der Waals surface area contributed by atoms with Crippen LogP contribution >= 0.6 is 0 Å². The number of anilines is 1. The Hall–Kier alpha value is -3.39. The second-order valence-electron chi connectivity index (χ2n) is 9.27. The molecule has 0 heterocycles. The number of fused-ring (bicyclic) bond motifs is 1. The van der Waals surface area contributed by atoms with Crippen LogP contribution in [-0.2, 0) is 26.2 Å². The van der Waals surface area contributed by atoms with Crippen molar-refractivity contribution in [2.24, 2.45) is 0 Å². The van der Waals surface area contributed by atoms with Crippen LogP contribution in [0.1, 0.15) is 38.3 Å². The van der Waals surface area contributed by atoms with E-state index in [0.717, 1.165) is 38.9 Å². The first-order valence-corrected chi connectivity index (χ1v) is 14.0. The molecule has 0 saturated heterocycles. The van der Waals surface area contributed by atoms with Crippen LogP contribution in [0.3, 0.4) is 0 Å². The van der Waals surface area contributed by atoms with Gasteiger partial charge in [0.25, 0.3) is 0 Å². The van der Waals surface area contributed by atoms with Crippen LogP contribution in [0.25, 0.3) is 10.8 Å². The Labute approximate surface area is 214 Å². The summed E-state index contributed by atoms with van der Waals surface area (Å²) in [6.45, 7) is 7.28. The van der Waals surface area contributed by atoms with E-state index in [4.69, 9.17) is 0 Å². The highest BCUT2D eigenvalue weighted by molar-refractivity contribution is 7.92. The van der Waals surface area contributed by atoms with Crippen LogP contribution in [0, 0.1) is 6.92 Å². The number of aryl methyl sites for hydroxylation is 1. The van der Waals surface area contributed by atoms with Gasteiger partial charge in [-0.3, -0.25) is 13.9 Å². The normalized spacial score (nSPS) is 13.1. The number of sulfonamides is 1. The summed E-state index contributed by atoms with van der Waals surface area (Å²) in [5, 5.41) is 4.53. The van der Waals surface area contributed by atoms with Gasteiger partial charge in [0.2, 0.25) is 21.8 Å². The summed E-state index contributed by atoms with van der Waals surface area (Å²) < 4.78 is 26.9. The van der Waals surface area contributed by atoms with Crippen molar-refractivity contribution in [1.82, 2.24) is 10.2 Å². The highest BCUT2D eigenvalue weighted by Gasteiger charge is 2.31. The number of benzene rings is 3. The van der Waals surface area contributed by atoms with Gasteiger partial charge in [0.1, 0.15) is 12.6 Å². The van der Waals surface area contributed by atoms with E-state index in [9.17, 15) is 18.0 Å². The zero-order valence-corrected chi connectivity index (χ0v) is 22.4. The molecule has 0 aliphatic heterocycles. The van der Waals surface area contributed by atoms with E-state index >= 15 is 0 Å². The lowest BCUT2D eigenvalue weighted by molar-refractivity contribution is -0.139. The van der Waals surface area contributed by atoms with Crippen molar-refractivity contribution in [3.05, 3.63) is 77.9 Å². The van der Waals surface area contributed by atoms with Crippen molar-refractivity contribution in [1.29, 1.82) is 0 Å². The molecule has 7 nitrogen and oxygen atoms in total. The third kappa shape index (κ3) is 6.63. The largest absolute Gasteiger partial charge is 0.352 e. The Morgan fingerprint density at radius 1 is 0.972 bits per heavy atom. The molecule has 0 saturated carbocycles. The Morgan fingerprint density at radius 3 is 2.31 bits per heavy atom. The summed E-state index contributed by atoms with van der Waals surface area (Å²) in [4.78, 5) is 28.2. The van der Waals surface area contributed by atoms with Crippen molar-refractivity contribution in [3.63, 3.8) is 0 Å². The van der Waals surface area contributed by atoms with E-state index in [1.165, 1.54) is 4.90 Å². The molecule has 36 heavy (non-hydrogen) atoms. The van der Waals surface area contributed by atoms with Gasteiger partial charge < -0.3 is 10.2 Å². The Balaban J connectivity index is 1.99. The molecule has 1 N–H and O–H groups in total. The lowest BCUT2D eigenvalue weighted by Gasteiger charge is -2.32. The van der Waals surface area contributed by atoms with Gasteiger partial charge in [0, 0.05) is 18.0 Å². The number of amides is 2. The smallest absolute Gasteiger partial charge is 0.244 e. The lowest BCUT2D eigenvalue weighted by Crippen LogP contribution is -2.52. The second-order valence-corrected chi connectivity index (χ2v) is 11.2. The molecule has 3 aromatic carbocycles. The van der Waals surface area contributed by atoms with Crippen LogP contribution in [0.5, 0.6) is 0 Å². The van der Waals surface area contributed by atoms with E-state index in [0.29, 0.717) is 5.69 Å². The molecule has 0 fully saturated rings. The summed E-state index contributed by atoms with van der Waals surface area (Å²) in [5.41, 5.74) is 2.32. The zero-order valence-electron chi connectivity index (χ0n) is 21.6. The van der Waals surface area contributed by atoms with E-state index < -0.39 is 28.5 Å². The fourth-order valence-corrected chi connectivity index (χ4v) is 4.94. The minimum atomic E-state index is -3.80. The Bertz CT molecular complexity index is 1330. The van der Waals surface area contributed by atoms with Crippen molar-refractivity contribution in [3.8, 4) is 0 Å². The number of rotatable bonds is 10. The standard InChI is InChI=1S/C28H35N3O4S/c1-6-21(3)29-28(33)22(4)30(18-23-12-9-11-20(2)17-23)27(32)19-31(36(5,34)35)26-16-10-14-24-13-7-8-15-25(24)26/h7-17,21-22H,6,18-19H2,1-5H3,(H,29,33)/t21-,22-/m0/s1. The second kappa shape index (κ2) is 11.6. The maximum atomic E-state index is 13.7. The first-order chi connectivity index (χ1) is 17.0. The van der Waals surface area contributed by atoms with Crippen molar-refractivity contribution < 1.29 is 18.0 Å². The molecule has 3 aromatic rings. The SMILES string of the molecule is CC[C@H](C)NC(=O)[C@H](C)N(Cc1cccc(C)c1)C(=O)CN(c1cccc2ccccc12)S(C)(=O)=O. The van der Waals surface area contributed by atoms with Gasteiger partial charge in [-0.25, -0.2) is 8.42 Å². The molecule has 3 rings (SSSR count). The molecule has 2 amide bonds. The summed E-state index contributed by atoms with van der Waals surface area (Å²) in [6.07, 6.45) is 1.85. The summed E-state index contributed by atoms with van der Waals surface area (Å²) in [5.74, 6) is -0.733. The van der Waals surface area contributed by atoms with Gasteiger partial charge in [-0.2, -0.15) is 0 Å². The van der Waals surface area contributed by atoms with Crippen LogP contribution in [0.2, 0.25) is 0 Å². The zero-order chi connectivity index (χ0) is 26.5. The number of nitrogens with zero attached hydrogens (tertiary/aromatic N) is 2. The van der Waals surface area contributed by atoms with Crippen LogP contribution in [0.15, 0.2) is 66.7 Å². The molecule has 0 spiro atoms. The fraction of sp³-hybridized carbons (Fsp3) is 0.357. The molecule has 0 aromatic heterocycles. The number of nitrogens with one attached hydrogen (secondary N) is 1. The van der Waals surface area contributed by atoms with Gasteiger partial charge in [-0.05, 0) is 44.2 Å². The van der Waals surface area contributed by atoms with E-state index in [2.05, 4.69) is 5.32 Å². The highest BCUT2D eigenvalue weighted by atomic mass is 32.2. The van der Waals surface area contributed by atoms with Crippen molar-refractivity contribution in [2.75, 3.05) is 17.1 Å². The number of carbonyl (C=O) groups is 2. The molecular weight excluding hydrogens is 474 g/mol. The summed E-state index contributed by atoms with van der Waals surface area (Å²) in [6, 6.07) is 19.7. The van der Waals surface area contributed by atoms with E-state index in [1.54, 1.807) is 19.1 Å². The molecular formula is C28H35N3O4S. The molecule has 0 aliphatic rings. The lowest BCUT2D eigenvalue weighted by atomic mass is 10.1. The fourth-order valence-electron chi connectivity index (χ4n) is 4.08. The average Bonchev–Trinajstić information content (AvgIpc) is 2.84. The summed E-state index contributed by atoms with van der Waals surface area (Å²) in [7, 11) is -3.80. The third-order valence-electron chi connectivity index (χ3n) is 6.32. The number of hydrogen-bond donors (Lipinski definition) is 1. The van der Waals surface area contributed by atoms with Crippen molar-refractivity contribution >= 4 is 38.3 Å². The van der Waals surface area contributed by atoms with E-state index in [1.807, 2.05) is 75.4 Å². The minimum Gasteiger partial charge on any atom is -0.352 e. The summed E-state index contributed by atoms with van der Waals surface area (Å²) >= 11 is 0. The molecule has 8 heteroatoms. The van der Waals surface area contributed by atoms with Crippen molar-refractivity contribution in [2.45, 2.75) is 52.7 Å². The topological polar surface area (TPSA) is 86.8 Å².